The summed E-state index contributed by atoms with van der Waals surface area (Å²) in [5, 5.41) is 2.40. The van der Waals surface area contributed by atoms with Gasteiger partial charge in [-0.05, 0) is 0 Å². The van der Waals surface area contributed by atoms with Gasteiger partial charge in [-0.1, -0.05) is 0 Å². The molecule has 0 bridgehead atoms. The molecule has 0 amide bonds. The first kappa shape index (κ1) is 14.9. The third kappa shape index (κ3) is 2.09. The van der Waals surface area contributed by atoms with Crippen LogP contribution in [0.2, 0.25) is 0 Å². The SMILES string of the molecule is CCP(F)(c1ccccc1)(c1ccccc1)c1ccccc1. The zero-order valence-corrected chi connectivity index (χ0v) is 13.6. The van der Waals surface area contributed by atoms with Gasteiger partial charge in [0.1, 0.15) is 0 Å². The molecular formula is C20H20FP. The molecule has 0 heterocycles. The van der Waals surface area contributed by atoms with Crippen LogP contribution < -0.4 is 15.9 Å². The Hall–Kier alpha value is -1.98. The average Bonchev–Trinajstić information content (AvgIpc) is 2.63. The molecule has 22 heavy (non-hydrogen) atoms. The van der Waals surface area contributed by atoms with Gasteiger partial charge in [-0.3, -0.25) is 0 Å². The van der Waals surface area contributed by atoms with Gasteiger partial charge in [-0.25, -0.2) is 0 Å². The van der Waals surface area contributed by atoms with Gasteiger partial charge in [-0.15, -0.1) is 0 Å². The molecule has 0 spiro atoms. The minimum absolute atomic E-state index is 0.462. The Bertz CT molecular complexity index is 639. The molecule has 3 rings (SSSR count). The number of rotatable bonds is 4. The standard InChI is InChI=1S/C20H20FP/c1-2-22(21,18-12-6-3-7-13-18,19-14-8-4-9-15-19)20-16-10-5-11-17-20/h3-17H,2H2,1H3. The van der Waals surface area contributed by atoms with E-state index in [1.54, 1.807) is 0 Å². The molecule has 2 heteroatoms. The van der Waals surface area contributed by atoms with Gasteiger partial charge in [0.15, 0.2) is 0 Å². The molecule has 3 aromatic rings. The fourth-order valence-corrected chi connectivity index (χ4v) is 7.58. The quantitative estimate of drug-likeness (QED) is 0.626. The summed E-state index contributed by atoms with van der Waals surface area (Å²) < 4.78 is 17.2. The summed E-state index contributed by atoms with van der Waals surface area (Å²) in [6, 6.07) is 29.0. The normalized spacial score (nSPS) is 13.3. The van der Waals surface area contributed by atoms with Crippen molar-refractivity contribution in [2.24, 2.45) is 0 Å². The Morgan fingerprint density at radius 1 is 0.591 bits per heavy atom. The second kappa shape index (κ2) is 5.66. The molecule has 0 unspecified atom stereocenters. The van der Waals surface area contributed by atoms with Crippen LogP contribution in [0.4, 0.5) is 4.20 Å². The first-order valence-electron chi connectivity index (χ1n) is 7.60. The Labute approximate surface area is 131 Å². The van der Waals surface area contributed by atoms with Gasteiger partial charge in [0.05, 0.1) is 0 Å². The molecule has 0 aromatic heterocycles. The molecule has 0 radical (unpaired) electrons. The molecule has 0 saturated heterocycles. The topological polar surface area (TPSA) is 0 Å². The zero-order chi connectivity index (χ0) is 15.5. The van der Waals surface area contributed by atoms with E-state index in [0.29, 0.717) is 6.16 Å². The summed E-state index contributed by atoms with van der Waals surface area (Å²) >= 11 is 0. The van der Waals surface area contributed by atoms with Gasteiger partial charge in [0.25, 0.3) is 0 Å². The Balaban J connectivity index is 2.41. The fourth-order valence-electron chi connectivity index (χ4n) is 3.21. The summed E-state index contributed by atoms with van der Waals surface area (Å²) in [6.07, 6.45) is 0.462. The van der Waals surface area contributed by atoms with E-state index in [4.69, 9.17) is 0 Å². The first-order valence-corrected chi connectivity index (χ1v) is 9.91. The van der Waals surface area contributed by atoms with Crippen molar-refractivity contribution in [3.05, 3.63) is 91.0 Å². The molecule has 0 aliphatic rings. The van der Waals surface area contributed by atoms with E-state index >= 15 is 4.20 Å². The monoisotopic (exact) mass is 310 g/mol. The van der Waals surface area contributed by atoms with Crippen LogP contribution in [0.25, 0.3) is 0 Å². The molecular weight excluding hydrogens is 290 g/mol. The van der Waals surface area contributed by atoms with Gasteiger partial charge < -0.3 is 0 Å². The van der Waals surface area contributed by atoms with Crippen molar-refractivity contribution in [1.29, 1.82) is 0 Å². The molecule has 3 aromatic carbocycles. The third-order valence-corrected chi connectivity index (χ3v) is 9.79. The Morgan fingerprint density at radius 3 is 1.09 bits per heavy atom. The van der Waals surface area contributed by atoms with E-state index in [-0.39, 0.29) is 0 Å². The van der Waals surface area contributed by atoms with Crippen LogP contribution in [-0.2, 0) is 0 Å². The second-order valence-electron chi connectivity index (χ2n) is 5.51. The number of hydrogen-bond acceptors (Lipinski definition) is 0. The maximum absolute atomic E-state index is 17.2. The molecule has 0 aliphatic heterocycles. The van der Waals surface area contributed by atoms with Crippen LogP contribution in [0.1, 0.15) is 6.92 Å². The summed E-state index contributed by atoms with van der Waals surface area (Å²) in [5.41, 5.74) is 0. The van der Waals surface area contributed by atoms with Crippen molar-refractivity contribution in [2.45, 2.75) is 6.92 Å². The third-order valence-electron chi connectivity index (χ3n) is 4.48. The average molecular weight is 310 g/mol. The number of halogens is 1. The van der Waals surface area contributed by atoms with Crippen molar-refractivity contribution in [2.75, 3.05) is 6.16 Å². The van der Waals surface area contributed by atoms with E-state index in [0.717, 1.165) is 15.9 Å². The van der Waals surface area contributed by atoms with Crippen LogP contribution in [0.5, 0.6) is 0 Å². The van der Waals surface area contributed by atoms with Crippen molar-refractivity contribution in [1.82, 2.24) is 0 Å². The zero-order valence-electron chi connectivity index (χ0n) is 12.7. The summed E-state index contributed by atoms with van der Waals surface area (Å²) in [6.45, 7) is -1.94. The van der Waals surface area contributed by atoms with E-state index in [9.17, 15) is 0 Å². The van der Waals surface area contributed by atoms with E-state index in [1.165, 1.54) is 0 Å². The fraction of sp³-hybridized carbons (Fsp3) is 0.100. The molecule has 0 fully saturated rings. The molecule has 0 saturated carbocycles. The van der Waals surface area contributed by atoms with Crippen LogP contribution >= 0.6 is 6.91 Å². The van der Waals surface area contributed by atoms with Gasteiger partial charge in [0, 0.05) is 0 Å². The number of hydrogen-bond donors (Lipinski definition) is 0. The summed E-state index contributed by atoms with van der Waals surface area (Å²) in [4.78, 5) is 0. The van der Waals surface area contributed by atoms with Crippen LogP contribution in [-0.4, -0.2) is 6.16 Å². The molecule has 0 N–H and O–H groups in total. The Kier molecular flexibility index (Phi) is 3.85. The van der Waals surface area contributed by atoms with Crippen molar-refractivity contribution < 1.29 is 4.20 Å². The summed E-state index contributed by atoms with van der Waals surface area (Å²) in [7, 11) is 0. The van der Waals surface area contributed by atoms with E-state index < -0.39 is 6.91 Å². The molecule has 112 valence electrons. The second-order valence-corrected chi connectivity index (χ2v) is 10.1. The van der Waals surface area contributed by atoms with Crippen LogP contribution in [0.15, 0.2) is 91.0 Å². The first-order chi connectivity index (χ1) is 10.7. The van der Waals surface area contributed by atoms with Gasteiger partial charge in [-0.2, -0.15) is 0 Å². The van der Waals surface area contributed by atoms with E-state index in [1.807, 2.05) is 97.9 Å². The summed E-state index contributed by atoms with van der Waals surface area (Å²) in [5.74, 6) is 0. The minimum atomic E-state index is -3.90. The molecule has 0 nitrogen and oxygen atoms in total. The number of benzene rings is 3. The van der Waals surface area contributed by atoms with Crippen molar-refractivity contribution in [3.8, 4) is 0 Å². The van der Waals surface area contributed by atoms with Gasteiger partial charge >= 0.3 is 131 Å². The van der Waals surface area contributed by atoms with Crippen molar-refractivity contribution in [3.63, 3.8) is 0 Å². The van der Waals surface area contributed by atoms with E-state index in [2.05, 4.69) is 0 Å². The van der Waals surface area contributed by atoms with Crippen LogP contribution in [0.3, 0.4) is 0 Å². The van der Waals surface area contributed by atoms with Crippen LogP contribution in [0, 0.1) is 0 Å². The van der Waals surface area contributed by atoms with Gasteiger partial charge in [0.2, 0.25) is 0 Å². The predicted octanol–water partition coefficient (Wildman–Crippen LogP) is 4.42. The van der Waals surface area contributed by atoms with Crippen molar-refractivity contribution >= 4 is 22.8 Å². The Morgan fingerprint density at radius 2 is 0.864 bits per heavy atom. The predicted molar refractivity (Wildman–Crippen MR) is 96.8 cm³/mol. The maximum atomic E-state index is 17.2. The molecule has 0 atom stereocenters. The molecule has 0 aliphatic carbocycles.